The third-order valence-corrected chi connectivity index (χ3v) is 9.70. The lowest BCUT2D eigenvalue weighted by Gasteiger charge is -2.19. The molecule has 1 aliphatic heterocycles. The number of hydrogen-bond donors (Lipinski definition) is 1. The zero-order valence-electron chi connectivity index (χ0n) is 19.3. The van der Waals surface area contributed by atoms with Gasteiger partial charge in [-0.15, -0.1) is 0 Å². The standard InChI is InChI=1S/C25H28BrN5O2S/c1-16(2)34(32,33)30-12-11-20(15-30)23-22(26)24(27)31-25(29-23)21(14-28-31)19-10-9-17-7-5-3-4-6-8-18(17)13-19/h4,6-10,13-14,16,20H,3,5,11-12,15,27H2,1-2H3. The molecule has 9 heteroatoms. The first-order valence-electron chi connectivity index (χ1n) is 11.6. The summed E-state index contributed by atoms with van der Waals surface area (Å²) in [7, 11) is -3.31. The van der Waals surface area contributed by atoms with Crippen LogP contribution in [0.4, 0.5) is 5.82 Å². The molecule has 3 heterocycles. The fraction of sp³-hybridized carbons (Fsp3) is 0.360. The van der Waals surface area contributed by atoms with E-state index in [1.165, 1.54) is 5.22 Å². The number of fused-ring (bicyclic) bond motifs is 2. The number of nitrogens with two attached hydrogens (primary N) is 1. The molecule has 34 heavy (non-hydrogen) atoms. The summed E-state index contributed by atoms with van der Waals surface area (Å²) in [5.41, 5.74) is 9.82. The van der Waals surface area contributed by atoms with E-state index in [4.69, 9.17) is 10.7 Å². The van der Waals surface area contributed by atoms with Crippen molar-refractivity contribution in [1.82, 2.24) is 18.9 Å². The zero-order valence-corrected chi connectivity index (χ0v) is 21.7. The Bertz CT molecular complexity index is 1520. The van der Waals surface area contributed by atoms with Crippen LogP contribution in [0.1, 0.15) is 44.7 Å². The quantitative estimate of drug-likeness (QED) is 0.547. The Morgan fingerprint density at radius 3 is 2.82 bits per heavy atom. The second kappa shape index (κ2) is 8.94. The normalized spacial score (nSPS) is 19.0. The van der Waals surface area contributed by atoms with Gasteiger partial charge in [-0.2, -0.15) is 9.61 Å². The molecule has 0 saturated carbocycles. The Labute approximate surface area is 207 Å². The molecular weight excluding hydrogens is 514 g/mol. The Kier molecular flexibility index (Phi) is 6.12. The van der Waals surface area contributed by atoms with Gasteiger partial charge in [0.05, 0.1) is 21.6 Å². The lowest BCUT2D eigenvalue weighted by atomic mass is 10.0. The second-order valence-corrected chi connectivity index (χ2v) is 12.4. The molecule has 5 rings (SSSR count). The van der Waals surface area contributed by atoms with Crippen LogP contribution in [-0.2, 0) is 10.0 Å². The molecule has 0 amide bonds. The number of sulfonamides is 1. The number of benzene rings is 1. The third-order valence-electron chi connectivity index (χ3n) is 6.65. The van der Waals surface area contributed by atoms with Gasteiger partial charge in [-0.25, -0.2) is 17.7 Å². The van der Waals surface area contributed by atoms with Crippen LogP contribution in [0.25, 0.3) is 28.9 Å². The van der Waals surface area contributed by atoms with E-state index in [1.807, 2.05) is 0 Å². The van der Waals surface area contributed by atoms with Gasteiger partial charge in [0.2, 0.25) is 10.0 Å². The molecule has 1 atom stereocenters. The van der Waals surface area contributed by atoms with E-state index >= 15 is 0 Å². The predicted molar refractivity (Wildman–Crippen MR) is 140 cm³/mol. The van der Waals surface area contributed by atoms with E-state index in [0.29, 0.717) is 35.4 Å². The monoisotopic (exact) mass is 541 g/mol. The summed E-state index contributed by atoms with van der Waals surface area (Å²) in [4.78, 5) is 4.98. The fourth-order valence-corrected chi connectivity index (χ4v) is 6.57. The van der Waals surface area contributed by atoms with Gasteiger partial charge in [0.15, 0.2) is 5.65 Å². The predicted octanol–water partition coefficient (Wildman–Crippen LogP) is 3.18. The maximum atomic E-state index is 12.7. The fourth-order valence-electron chi connectivity index (χ4n) is 4.64. The van der Waals surface area contributed by atoms with Crippen molar-refractivity contribution in [2.45, 2.75) is 44.3 Å². The first-order chi connectivity index (χ1) is 16.3. The Balaban J connectivity index is 1.59. The molecule has 178 valence electrons. The van der Waals surface area contributed by atoms with Crippen molar-refractivity contribution >= 4 is 49.6 Å². The summed E-state index contributed by atoms with van der Waals surface area (Å²) >= 11 is 3.61. The number of allylic oxidation sites excluding steroid dienone is 2. The number of anilines is 1. The lowest BCUT2D eigenvalue weighted by molar-refractivity contribution is 0.465. The van der Waals surface area contributed by atoms with Gasteiger partial charge in [0, 0.05) is 24.6 Å². The van der Waals surface area contributed by atoms with Crippen LogP contribution in [0, 0.1) is 0 Å². The highest BCUT2D eigenvalue weighted by molar-refractivity contribution is 9.10. The summed E-state index contributed by atoms with van der Waals surface area (Å²) in [6.45, 7) is 4.32. The highest BCUT2D eigenvalue weighted by atomic mass is 79.9. The lowest BCUT2D eigenvalue weighted by Crippen LogP contribution is -2.34. The Morgan fingerprint density at radius 1 is 1.21 bits per heavy atom. The van der Waals surface area contributed by atoms with Crippen molar-refractivity contribution in [3.8, 4) is 11.1 Å². The first kappa shape index (κ1) is 23.3. The number of aromatic nitrogens is 3. The van der Waals surface area contributed by atoms with Gasteiger partial charge in [-0.3, -0.25) is 0 Å². The summed E-state index contributed by atoms with van der Waals surface area (Å²) in [6.07, 6.45) is 13.2. The molecule has 1 aliphatic carbocycles. The number of nitrogen functional groups attached to an aromatic ring is 1. The second-order valence-electron chi connectivity index (χ2n) is 9.15. The minimum Gasteiger partial charge on any atom is -0.383 e. The molecule has 0 radical (unpaired) electrons. The van der Waals surface area contributed by atoms with Gasteiger partial charge in [-0.05, 0) is 71.1 Å². The summed E-state index contributed by atoms with van der Waals surface area (Å²) in [6, 6.07) is 6.39. The summed E-state index contributed by atoms with van der Waals surface area (Å²) < 4.78 is 29.3. The topological polar surface area (TPSA) is 93.6 Å². The minimum absolute atomic E-state index is 0.0400. The van der Waals surface area contributed by atoms with Crippen LogP contribution in [0.15, 0.2) is 41.0 Å². The van der Waals surface area contributed by atoms with E-state index in [9.17, 15) is 8.42 Å². The number of rotatable bonds is 4. The van der Waals surface area contributed by atoms with Crippen LogP contribution in [0.5, 0.6) is 0 Å². The molecule has 2 N–H and O–H groups in total. The van der Waals surface area contributed by atoms with Crippen molar-refractivity contribution in [3.05, 3.63) is 57.2 Å². The van der Waals surface area contributed by atoms with Crippen LogP contribution < -0.4 is 16.2 Å². The summed E-state index contributed by atoms with van der Waals surface area (Å²) in [5.74, 6) is 0.423. The molecule has 0 spiro atoms. The molecule has 2 aromatic heterocycles. The molecule has 7 nitrogen and oxygen atoms in total. The zero-order chi connectivity index (χ0) is 24.0. The maximum Gasteiger partial charge on any atom is 0.216 e. The van der Waals surface area contributed by atoms with Crippen LogP contribution >= 0.6 is 15.9 Å². The van der Waals surface area contributed by atoms with E-state index in [-0.39, 0.29) is 5.92 Å². The molecule has 1 aromatic carbocycles. The Hall–Kier alpha value is -2.49. The van der Waals surface area contributed by atoms with Crippen molar-refractivity contribution in [2.24, 2.45) is 0 Å². The van der Waals surface area contributed by atoms with E-state index < -0.39 is 15.3 Å². The largest absolute Gasteiger partial charge is 0.383 e. The Morgan fingerprint density at radius 2 is 2.03 bits per heavy atom. The van der Waals surface area contributed by atoms with Crippen molar-refractivity contribution in [1.29, 1.82) is 0 Å². The van der Waals surface area contributed by atoms with Crippen molar-refractivity contribution in [2.75, 3.05) is 18.8 Å². The molecule has 1 fully saturated rings. The molecule has 3 aromatic rings. The van der Waals surface area contributed by atoms with Crippen LogP contribution in [-0.4, -0.2) is 45.7 Å². The maximum absolute atomic E-state index is 12.7. The van der Waals surface area contributed by atoms with Crippen molar-refractivity contribution < 1.29 is 8.42 Å². The van der Waals surface area contributed by atoms with Gasteiger partial charge in [-0.1, -0.05) is 36.4 Å². The number of nitrogens with zero attached hydrogens (tertiary/aromatic N) is 4. The van der Waals surface area contributed by atoms with E-state index in [1.54, 1.807) is 28.9 Å². The smallest absolute Gasteiger partial charge is 0.216 e. The average molecular weight is 543 g/mol. The van der Waals surface area contributed by atoms with Gasteiger partial charge < -0.3 is 5.73 Å². The van der Waals surface area contributed by atoms with Crippen LogP contribution in [0.3, 0.4) is 0 Å². The highest BCUT2D eigenvalue weighted by Crippen LogP contribution is 2.37. The molecule has 0 bridgehead atoms. The minimum atomic E-state index is -3.31. The molecular formula is C25H28BrN5O2S. The molecule has 1 unspecified atom stereocenters. The van der Waals surface area contributed by atoms with E-state index in [2.05, 4.69) is 63.5 Å². The van der Waals surface area contributed by atoms with Gasteiger partial charge >= 0.3 is 0 Å². The molecule has 2 aliphatic rings. The SMILES string of the molecule is CC(C)S(=O)(=O)N1CCC(c2nc3c(-c4ccc5c(c4)=CC=CCCC=5)cnn3c(N)c2Br)C1. The number of halogens is 1. The average Bonchev–Trinajstić information content (AvgIpc) is 3.44. The van der Waals surface area contributed by atoms with Gasteiger partial charge in [0.25, 0.3) is 0 Å². The summed E-state index contributed by atoms with van der Waals surface area (Å²) in [5, 5.41) is 6.44. The third kappa shape index (κ3) is 3.99. The molecule has 1 saturated heterocycles. The van der Waals surface area contributed by atoms with Gasteiger partial charge in [0.1, 0.15) is 5.82 Å². The highest BCUT2D eigenvalue weighted by Gasteiger charge is 2.36. The first-order valence-corrected chi connectivity index (χ1v) is 13.9. The number of hydrogen-bond acceptors (Lipinski definition) is 5. The van der Waals surface area contributed by atoms with Crippen LogP contribution in [0.2, 0.25) is 0 Å². The van der Waals surface area contributed by atoms with Crippen molar-refractivity contribution in [3.63, 3.8) is 0 Å². The van der Waals surface area contributed by atoms with E-state index in [0.717, 1.165) is 34.9 Å².